The number of hydrogen-bond donors (Lipinski definition) is 0. The van der Waals surface area contributed by atoms with Crippen LogP contribution in [0.5, 0.6) is 5.75 Å². The summed E-state index contributed by atoms with van der Waals surface area (Å²) in [6.07, 6.45) is 0. The number of thiophene rings is 1. The molecule has 0 aliphatic carbocycles. The summed E-state index contributed by atoms with van der Waals surface area (Å²) in [5, 5.41) is 1.17. The second kappa shape index (κ2) is 4.48. The van der Waals surface area contributed by atoms with Gasteiger partial charge in [0.15, 0.2) is 0 Å². The second-order valence-electron chi connectivity index (χ2n) is 6.14. The highest BCUT2D eigenvalue weighted by Crippen LogP contribution is 2.37. The Balaban J connectivity index is 1.96. The highest BCUT2D eigenvalue weighted by molar-refractivity contribution is 7.28. The molecule has 1 aromatic carbocycles. The van der Waals surface area contributed by atoms with E-state index in [1.807, 2.05) is 12.1 Å². The predicted molar refractivity (Wildman–Crippen MR) is 84.1 cm³/mol. The quantitative estimate of drug-likeness (QED) is 0.795. The van der Waals surface area contributed by atoms with Gasteiger partial charge in [0.1, 0.15) is 5.75 Å². The van der Waals surface area contributed by atoms with Gasteiger partial charge in [0.05, 0.1) is 18.3 Å². The molecule has 0 atom stereocenters. The third-order valence-electron chi connectivity index (χ3n) is 4.23. The van der Waals surface area contributed by atoms with Gasteiger partial charge in [-0.05, 0) is 57.3 Å². The summed E-state index contributed by atoms with van der Waals surface area (Å²) >= 11 is 1.71. The summed E-state index contributed by atoms with van der Waals surface area (Å²) in [4.78, 5) is 0. The van der Waals surface area contributed by atoms with Crippen LogP contribution in [0.15, 0.2) is 24.3 Å². The van der Waals surface area contributed by atoms with E-state index in [4.69, 9.17) is 14.0 Å². The number of ether oxygens (including phenoxy) is 1. The average Bonchev–Trinajstić information content (AvgIpc) is 2.87. The predicted octanol–water partition coefficient (Wildman–Crippen LogP) is 3.21. The summed E-state index contributed by atoms with van der Waals surface area (Å²) in [7, 11) is 1.39. The zero-order chi connectivity index (χ0) is 14.5. The van der Waals surface area contributed by atoms with Crippen molar-refractivity contribution in [2.75, 3.05) is 7.11 Å². The summed E-state index contributed by atoms with van der Waals surface area (Å²) in [6.45, 7) is 8.29. The smallest absolute Gasteiger partial charge is 0.497 e. The van der Waals surface area contributed by atoms with E-state index in [9.17, 15) is 0 Å². The Bertz CT molecular complexity index is 632. The molecule has 5 heteroatoms. The molecule has 0 unspecified atom stereocenters. The van der Waals surface area contributed by atoms with Crippen molar-refractivity contribution in [2.24, 2.45) is 0 Å². The SMILES string of the molecule is COc1ccc2sc(B3OC(C)(C)C(C)(C)O3)cc2c1. The van der Waals surface area contributed by atoms with Crippen LogP contribution in [0.3, 0.4) is 0 Å². The molecule has 1 aromatic heterocycles. The summed E-state index contributed by atoms with van der Waals surface area (Å²) in [5.74, 6) is 0.871. The van der Waals surface area contributed by atoms with Crippen LogP contribution in [0.4, 0.5) is 0 Å². The van der Waals surface area contributed by atoms with Gasteiger partial charge in [0.2, 0.25) is 0 Å². The van der Waals surface area contributed by atoms with E-state index in [1.54, 1.807) is 18.4 Å². The van der Waals surface area contributed by atoms with Crippen molar-refractivity contribution in [1.82, 2.24) is 0 Å². The van der Waals surface area contributed by atoms with Crippen molar-refractivity contribution < 1.29 is 14.0 Å². The maximum absolute atomic E-state index is 6.09. The Hall–Kier alpha value is -1.04. The Morgan fingerprint density at radius 1 is 1.05 bits per heavy atom. The molecular weight excluding hydrogens is 271 g/mol. The van der Waals surface area contributed by atoms with Gasteiger partial charge in [-0.1, -0.05) is 0 Å². The van der Waals surface area contributed by atoms with Crippen molar-refractivity contribution >= 4 is 33.3 Å². The van der Waals surface area contributed by atoms with Gasteiger partial charge in [-0.15, -0.1) is 11.3 Å². The van der Waals surface area contributed by atoms with E-state index in [1.165, 1.54) is 10.1 Å². The molecule has 1 saturated heterocycles. The highest BCUT2D eigenvalue weighted by atomic mass is 32.1. The molecule has 106 valence electrons. The zero-order valence-electron chi connectivity index (χ0n) is 12.5. The van der Waals surface area contributed by atoms with Crippen LogP contribution in [0.1, 0.15) is 27.7 Å². The zero-order valence-corrected chi connectivity index (χ0v) is 13.3. The third-order valence-corrected chi connectivity index (χ3v) is 5.37. The minimum absolute atomic E-state index is 0.289. The molecule has 0 saturated carbocycles. The fourth-order valence-corrected chi connectivity index (χ4v) is 3.25. The first kappa shape index (κ1) is 13.9. The highest BCUT2D eigenvalue weighted by Gasteiger charge is 2.52. The molecule has 1 aliphatic heterocycles. The molecule has 1 fully saturated rings. The topological polar surface area (TPSA) is 27.7 Å². The normalized spacial score (nSPS) is 20.6. The minimum atomic E-state index is -0.300. The maximum Gasteiger partial charge on any atom is 0.505 e. The lowest BCUT2D eigenvalue weighted by atomic mass is 9.87. The molecule has 20 heavy (non-hydrogen) atoms. The molecule has 2 heterocycles. The van der Waals surface area contributed by atoms with E-state index in [2.05, 4.69) is 39.8 Å². The fourth-order valence-electron chi connectivity index (χ4n) is 2.24. The lowest BCUT2D eigenvalue weighted by Gasteiger charge is -2.32. The van der Waals surface area contributed by atoms with Gasteiger partial charge < -0.3 is 14.0 Å². The lowest BCUT2D eigenvalue weighted by Crippen LogP contribution is -2.41. The van der Waals surface area contributed by atoms with Crippen molar-refractivity contribution in [2.45, 2.75) is 38.9 Å². The van der Waals surface area contributed by atoms with E-state index < -0.39 is 0 Å². The van der Waals surface area contributed by atoms with Crippen LogP contribution in [-0.2, 0) is 9.31 Å². The lowest BCUT2D eigenvalue weighted by molar-refractivity contribution is 0.00578. The molecule has 0 spiro atoms. The maximum atomic E-state index is 6.09. The summed E-state index contributed by atoms with van der Waals surface area (Å²) in [6, 6.07) is 8.23. The molecule has 0 radical (unpaired) electrons. The Labute approximate surface area is 124 Å². The first-order valence-corrected chi connectivity index (χ1v) is 7.57. The van der Waals surface area contributed by atoms with Gasteiger partial charge in [-0.2, -0.15) is 0 Å². The summed E-state index contributed by atoms with van der Waals surface area (Å²) in [5.41, 5.74) is -0.600. The van der Waals surface area contributed by atoms with Crippen molar-refractivity contribution in [3.63, 3.8) is 0 Å². The Kier molecular flexibility index (Phi) is 3.12. The van der Waals surface area contributed by atoms with E-state index >= 15 is 0 Å². The molecule has 1 aliphatic rings. The molecule has 0 amide bonds. The van der Waals surface area contributed by atoms with Crippen LogP contribution >= 0.6 is 11.3 Å². The Morgan fingerprint density at radius 3 is 2.30 bits per heavy atom. The van der Waals surface area contributed by atoms with Crippen molar-refractivity contribution in [1.29, 1.82) is 0 Å². The molecule has 3 rings (SSSR count). The van der Waals surface area contributed by atoms with Crippen molar-refractivity contribution in [3.8, 4) is 5.75 Å². The average molecular weight is 290 g/mol. The van der Waals surface area contributed by atoms with E-state index in [-0.39, 0.29) is 18.3 Å². The number of hydrogen-bond acceptors (Lipinski definition) is 4. The van der Waals surface area contributed by atoms with Crippen LogP contribution < -0.4 is 9.51 Å². The standard InChI is InChI=1S/C15H19BO3S/c1-14(2)15(3,4)19-16(18-14)13-9-10-8-11(17-5)6-7-12(10)20-13/h6-9H,1-5H3. The van der Waals surface area contributed by atoms with Crippen LogP contribution in [-0.4, -0.2) is 25.4 Å². The minimum Gasteiger partial charge on any atom is -0.497 e. The van der Waals surface area contributed by atoms with Crippen LogP contribution in [0.25, 0.3) is 10.1 Å². The van der Waals surface area contributed by atoms with Crippen molar-refractivity contribution in [3.05, 3.63) is 24.3 Å². The van der Waals surface area contributed by atoms with Gasteiger partial charge in [-0.25, -0.2) is 0 Å². The number of methoxy groups -OCH3 is 1. The molecule has 2 aromatic rings. The van der Waals surface area contributed by atoms with E-state index in [0.717, 1.165) is 10.5 Å². The number of rotatable bonds is 2. The monoisotopic (exact) mass is 290 g/mol. The van der Waals surface area contributed by atoms with Crippen LogP contribution in [0.2, 0.25) is 0 Å². The van der Waals surface area contributed by atoms with Gasteiger partial charge in [-0.3, -0.25) is 0 Å². The third kappa shape index (κ3) is 2.14. The van der Waals surface area contributed by atoms with Gasteiger partial charge >= 0.3 is 7.12 Å². The Morgan fingerprint density at radius 2 is 1.70 bits per heavy atom. The number of fused-ring (bicyclic) bond motifs is 1. The molecule has 0 bridgehead atoms. The second-order valence-corrected chi connectivity index (χ2v) is 7.26. The van der Waals surface area contributed by atoms with E-state index in [0.29, 0.717) is 0 Å². The van der Waals surface area contributed by atoms with Crippen LogP contribution in [0, 0.1) is 0 Å². The first-order chi connectivity index (χ1) is 9.32. The molecule has 0 N–H and O–H groups in total. The number of benzene rings is 1. The first-order valence-electron chi connectivity index (χ1n) is 6.75. The molecular formula is C15H19BO3S. The largest absolute Gasteiger partial charge is 0.505 e. The summed E-state index contributed by atoms with van der Waals surface area (Å²) < 4.78 is 19.8. The fraction of sp³-hybridized carbons (Fsp3) is 0.467. The molecule has 3 nitrogen and oxygen atoms in total. The van der Waals surface area contributed by atoms with Gasteiger partial charge in [0.25, 0.3) is 0 Å². The van der Waals surface area contributed by atoms with Gasteiger partial charge in [0, 0.05) is 9.48 Å².